The van der Waals surface area contributed by atoms with Gasteiger partial charge in [-0.1, -0.05) is 37.3 Å². The van der Waals surface area contributed by atoms with E-state index >= 15 is 0 Å². The molecule has 21 heavy (non-hydrogen) atoms. The molecule has 1 fully saturated rings. The second kappa shape index (κ2) is 6.93. The molecule has 3 nitrogen and oxygen atoms in total. The topological polar surface area (TPSA) is 46.2 Å². The lowest BCUT2D eigenvalue weighted by Gasteiger charge is -2.37. The second-order valence-corrected chi connectivity index (χ2v) is 8.99. The number of hydrogen-bond acceptors (Lipinski definition) is 3. The van der Waals surface area contributed by atoms with Gasteiger partial charge in [-0.3, -0.25) is 0 Å². The molecule has 3 unspecified atom stereocenters. The van der Waals surface area contributed by atoms with Gasteiger partial charge in [0.25, 0.3) is 0 Å². The van der Waals surface area contributed by atoms with Gasteiger partial charge in [0.1, 0.15) is 0 Å². The van der Waals surface area contributed by atoms with Crippen molar-refractivity contribution in [1.29, 1.82) is 0 Å². The summed E-state index contributed by atoms with van der Waals surface area (Å²) in [5.41, 5.74) is 1.27. The van der Waals surface area contributed by atoms with Crippen LogP contribution in [0.4, 0.5) is 0 Å². The molecule has 1 saturated carbocycles. The molecule has 0 radical (unpaired) electrons. The van der Waals surface area contributed by atoms with Crippen molar-refractivity contribution in [2.45, 2.75) is 62.5 Å². The number of hydrogen-bond donors (Lipinski definition) is 1. The molecule has 0 heterocycles. The van der Waals surface area contributed by atoms with Crippen LogP contribution in [0.15, 0.2) is 30.3 Å². The third-order valence-electron chi connectivity index (χ3n) is 4.61. The monoisotopic (exact) mass is 309 g/mol. The maximum absolute atomic E-state index is 12.7. The zero-order valence-electron chi connectivity index (χ0n) is 13.2. The van der Waals surface area contributed by atoms with Crippen molar-refractivity contribution in [2.24, 2.45) is 0 Å². The van der Waals surface area contributed by atoms with Gasteiger partial charge in [0.2, 0.25) is 0 Å². The number of nitrogens with one attached hydrogen (secondary N) is 1. The van der Waals surface area contributed by atoms with Crippen molar-refractivity contribution in [3.05, 3.63) is 35.9 Å². The average Bonchev–Trinajstić information content (AvgIpc) is 2.48. The first-order chi connectivity index (χ1) is 9.96. The minimum atomic E-state index is -3.07. The SMILES string of the molecule is CCNC1CCC(c2ccccc2)CC1S(=O)(=O)C(C)C. The van der Waals surface area contributed by atoms with Crippen LogP contribution in [0.2, 0.25) is 0 Å². The summed E-state index contributed by atoms with van der Waals surface area (Å²) in [6.07, 6.45) is 2.73. The average molecular weight is 309 g/mol. The van der Waals surface area contributed by atoms with Crippen LogP contribution in [0, 0.1) is 0 Å². The van der Waals surface area contributed by atoms with E-state index in [1.165, 1.54) is 5.56 Å². The van der Waals surface area contributed by atoms with E-state index in [9.17, 15) is 8.42 Å². The van der Waals surface area contributed by atoms with E-state index in [-0.39, 0.29) is 16.5 Å². The standard InChI is InChI=1S/C17H27NO2S/c1-4-18-16-11-10-15(14-8-6-5-7-9-14)12-17(16)21(19,20)13(2)3/h5-9,13,15-18H,4,10-12H2,1-3H3. The molecule has 4 heteroatoms. The summed E-state index contributed by atoms with van der Waals surface area (Å²) < 4.78 is 25.4. The van der Waals surface area contributed by atoms with E-state index in [0.29, 0.717) is 5.92 Å². The lowest BCUT2D eigenvalue weighted by Crippen LogP contribution is -2.49. The highest BCUT2D eigenvalue weighted by Crippen LogP contribution is 2.37. The maximum Gasteiger partial charge on any atom is 0.157 e. The molecular formula is C17H27NO2S. The maximum atomic E-state index is 12.7. The fourth-order valence-electron chi connectivity index (χ4n) is 3.37. The highest BCUT2D eigenvalue weighted by Gasteiger charge is 2.40. The molecule has 0 saturated heterocycles. The van der Waals surface area contributed by atoms with E-state index in [4.69, 9.17) is 0 Å². The smallest absolute Gasteiger partial charge is 0.157 e. The van der Waals surface area contributed by atoms with Crippen LogP contribution in [-0.4, -0.2) is 31.5 Å². The van der Waals surface area contributed by atoms with Gasteiger partial charge in [-0.15, -0.1) is 0 Å². The molecule has 2 rings (SSSR count). The van der Waals surface area contributed by atoms with Gasteiger partial charge in [0.05, 0.1) is 10.5 Å². The Morgan fingerprint density at radius 2 is 1.86 bits per heavy atom. The number of sulfone groups is 1. The Morgan fingerprint density at radius 1 is 1.19 bits per heavy atom. The van der Waals surface area contributed by atoms with E-state index in [1.807, 2.05) is 25.1 Å². The van der Waals surface area contributed by atoms with Gasteiger partial charge in [-0.05, 0) is 51.1 Å². The fraction of sp³-hybridized carbons (Fsp3) is 0.647. The first kappa shape index (κ1) is 16.5. The van der Waals surface area contributed by atoms with Gasteiger partial charge in [-0.2, -0.15) is 0 Å². The van der Waals surface area contributed by atoms with Gasteiger partial charge in [-0.25, -0.2) is 8.42 Å². The predicted octanol–water partition coefficient (Wildman–Crippen LogP) is 3.12. The van der Waals surface area contributed by atoms with Crippen LogP contribution < -0.4 is 5.32 Å². The highest BCUT2D eigenvalue weighted by atomic mass is 32.2. The minimum Gasteiger partial charge on any atom is -0.313 e. The molecule has 0 spiro atoms. The molecule has 118 valence electrons. The summed E-state index contributed by atoms with van der Waals surface area (Å²) in [7, 11) is -3.07. The van der Waals surface area contributed by atoms with E-state index < -0.39 is 9.84 Å². The van der Waals surface area contributed by atoms with Crippen LogP contribution in [0.25, 0.3) is 0 Å². The minimum absolute atomic E-state index is 0.0994. The lowest BCUT2D eigenvalue weighted by molar-refractivity contribution is 0.345. The Labute approximate surface area is 129 Å². The van der Waals surface area contributed by atoms with Crippen LogP contribution in [0.5, 0.6) is 0 Å². The Balaban J connectivity index is 2.24. The largest absolute Gasteiger partial charge is 0.313 e. The summed E-state index contributed by atoms with van der Waals surface area (Å²) >= 11 is 0. The molecule has 0 aromatic heterocycles. The summed E-state index contributed by atoms with van der Waals surface area (Å²) in [6.45, 7) is 6.46. The van der Waals surface area contributed by atoms with E-state index in [0.717, 1.165) is 25.8 Å². The van der Waals surface area contributed by atoms with Gasteiger partial charge in [0.15, 0.2) is 9.84 Å². The molecule has 1 aromatic rings. The molecule has 0 bridgehead atoms. The Hall–Kier alpha value is -0.870. The molecule has 1 aromatic carbocycles. The van der Waals surface area contributed by atoms with Crippen molar-refractivity contribution in [3.8, 4) is 0 Å². The van der Waals surface area contributed by atoms with Crippen molar-refractivity contribution in [2.75, 3.05) is 6.54 Å². The summed E-state index contributed by atoms with van der Waals surface area (Å²) in [4.78, 5) is 0. The zero-order chi connectivity index (χ0) is 15.5. The summed E-state index contributed by atoms with van der Waals surface area (Å²) in [5, 5.41) is 2.81. The molecule has 3 atom stereocenters. The van der Waals surface area contributed by atoms with Gasteiger partial charge >= 0.3 is 0 Å². The van der Waals surface area contributed by atoms with Crippen LogP contribution in [0.3, 0.4) is 0 Å². The van der Waals surface area contributed by atoms with Gasteiger partial charge < -0.3 is 5.32 Å². The van der Waals surface area contributed by atoms with Crippen LogP contribution >= 0.6 is 0 Å². The van der Waals surface area contributed by atoms with Crippen molar-refractivity contribution >= 4 is 9.84 Å². The predicted molar refractivity (Wildman–Crippen MR) is 88.3 cm³/mol. The molecule has 0 amide bonds. The third-order valence-corrected chi connectivity index (χ3v) is 7.29. The summed E-state index contributed by atoms with van der Waals surface area (Å²) in [6, 6.07) is 10.4. The normalized spacial score (nSPS) is 27.0. The number of rotatable bonds is 5. The molecule has 1 aliphatic carbocycles. The zero-order valence-corrected chi connectivity index (χ0v) is 14.1. The van der Waals surface area contributed by atoms with Gasteiger partial charge in [0, 0.05) is 6.04 Å². The summed E-state index contributed by atoms with van der Waals surface area (Å²) in [5.74, 6) is 0.361. The van der Waals surface area contributed by atoms with Crippen molar-refractivity contribution < 1.29 is 8.42 Å². The first-order valence-corrected chi connectivity index (χ1v) is 9.58. The van der Waals surface area contributed by atoms with Crippen LogP contribution in [0.1, 0.15) is 51.5 Å². The second-order valence-electron chi connectivity index (χ2n) is 6.26. The molecule has 1 N–H and O–H groups in total. The Morgan fingerprint density at radius 3 is 2.43 bits per heavy atom. The van der Waals surface area contributed by atoms with Crippen molar-refractivity contribution in [1.82, 2.24) is 5.32 Å². The molecular weight excluding hydrogens is 282 g/mol. The Bertz CT molecular complexity index is 539. The lowest BCUT2D eigenvalue weighted by atomic mass is 9.81. The van der Waals surface area contributed by atoms with E-state index in [2.05, 4.69) is 17.4 Å². The molecule has 0 aliphatic heterocycles. The van der Waals surface area contributed by atoms with Crippen LogP contribution in [-0.2, 0) is 9.84 Å². The highest BCUT2D eigenvalue weighted by molar-refractivity contribution is 7.92. The third kappa shape index (κ3) is 3.67. The fourth-order valence-corrected chi connectivity index (χ4v) is 5.26. The molecule has 1 aliphatic rings. The Kier molecular flexibility index (Phi) is 5.44. The quantitative estimate of drug-likeness (QED) is 0.909. The first-order valence-electron chi connectivity index (χ1n) is 7.97. The van der Waals surface area contributed by atoms with E-state index in [1.54, 1.807) is 13.8 Å². The van der Waals surface area contributed by atoms with Crippen molar-refractivity contribution in [3.63, 3.8) is 0 Å². The number of benzene rings is 1.